The molecule has 1 atom stereocenters. The van der Waals surface area contributed by atoms with Gasteiger partial charge in [-0.05, 0) is 40.0 Å². The molecule has 1 aliphatic carbocycles. The second kappa shape index (κ2) is 5.72. The van der Waals surface area contributed by atoms with Crippen molar-refractivity contribution in [3.8, 4) is 0 Å². The van der Waals surface area contributed by atoms with Crippen LogP contribution in [0.25, 0.3) is 0 Å². The molecular weight excluding hydrogens is 282 g/mol. The molecule has 2 saturated heterocycles. The highest BCUT2D eigenvalue weighted by molar-refractivity contribution is 5.84. The lowest BCUT2D eigenvalue weighted by atomic mass is 10.2. The van der Waals surface area contributed by atoms with Crippen molar-refractivity contribution in [1.29, 1.82) is 0 Å². The van der Waals surface area contributed by atoms with Gasteiger partial charge in [0.25, 0.3) is 0 Å². The van der Waals surface area contributed by atoms with E-state index in [1.54, 1.807) is 4.90 Å². The molecule has 0 aromatic heterocycles. The number of carbonyl (C=O) groups excluding carboxylic acids is 2. The van der Waals surface area contributed by atoms with E-state index in [0.717, 1.165) is 26.1 Å². The Balaban J connectivity index is 1.49. The molecule has 3 aliphatic rings. The minimum Gasteiger partial charge on any atom is -0.444 e. The number of piperazine rings is 1. The van der Waals surface area contributed by atoms with Crippen LogP contribution in [0.4, 0.5) is 4.79 Å². The van der Waals surface area contributed by atoms with Crippen molar-refractivity contribution in [2.45, 2.75) is 57.7 Å². The third kappa shape index (κ3) is 3.37. The Hall–Kier alpha value is -1.30. The summed E-state index contributed by atoms with van der Waals surface area (Å²) in [5, 5.41) is 0. The summed E-state index contributed by atoms with van der Waals surface area (Å²) in [5.74, 6) is 0.299. The molecule has 22 heavy (non-hydrogen) atoms. The molecular formula is C16H27N3O3. The number of hydrogen-bond acceptors (Lipinski definition) is 4. The molecule has 2 aliphatic heterocycles. The first-order chi connectivity index (χ1) is 10.3. The normalized spacial score (nSPS) is 27.4. The second-order valence-electron chi connectivity index (χ2n) is 7.57. The van der Waals surface area contributed by atoms with Gasteiger partial charge >= 0.3 is 6.09 Å². The van der Waals surface area contributed by atoms with Crippen LogP contribution in [0, 0.1) is 0 Å². The van der Waals surface area contributed by atoms with Gasteiger partial charge in [0.15, 0.2) is 0 Å². The van der Waals surface area contributed by atoms with Crippen molar-refractivity contribution in [3.63, 3.8) is 0 Å². The number of carbonyl (C=O) groups is 2. The van der Waals surface area contributed by atoms with Crippen molar-refractivity contribution in [3.05, 3.63) is 0 Å². The Morgan fingerprint density at radius 2 is 1.68 bits per heavy atom. The summed E-state index contributed by atoms with van der Waals surface area (Å²) in [6.07, 6.45) is 3.03. The molecule has 1 saturated carbocycles. The van der Waals surface area contributed by atoms with Crippen LogP contribution in [0.2, 0.25) is 0 Å². The molecule has 2 heterocycles. The largest absolute Gasteiger partial charge is 0.444 e. The molecule has 124 valence electrons. The van der Waals surface area contributed by atoms with E-state index >= 15 is 0 Å². The van der Waals surface area contributed by atoms with Gasteiger partial charge in [-0.2, -0.15) is 0 Å². The number of nitrogens with zero attached hydrogens (tertiary/aromatic N) is 3. The maximum atomic E-state index is 12.5. The fraction of sp³-hybridized carbons (Fsp3) is 0.875. The minimum absolute atomic E-state index is 0.0291. The summed E-state index contributed by atoms with van der Waals surface area (Å²) in [6.45, 7) is 9.34. The van der Waals surface area contributed by atoms with Crippen LogP contribution in [-0.4, -0.2) is 77.1 Å². The highest BCUT2D eigenvalue weighted by Crippen LogP contribution is 2.32. The van der Waals surface area contributed by atoms with Gasteiger partial charge in [0.2, 0.25) is 5.91 Å². The summed E-state index contributed by atoms with van der Waals surface area (Å²) in [4.78, 5) is 30.6. The van der Waals surface area contributed by atoms with Crippen LogP contribution in [0.1, 0.15) is 40.0 Å². The van der Waals surface area contributed by atoms with Gasteiger partial charge in [-0.25, -0.2) is 4.79 Å². The average Bonchev–Trinajstić information content (AvgIpc) is 3.20. The Labute approximate surface area is 132 Å². The highest BCUT2D eigenvalue weighted by Gasteiger charge is 2.43. The molecule has 0 radical (unpaired) electrons. The maximum absolute atomic E-state index is 12.5. The van der Waals surface area contributed by atoms with Gasteiger partial charge in [-0.1, -0.05) is 0 Å². The van der Waals surface area contributed by atoms with E-state index in [4.69, 9.17) is 4.74 Å². The Kier molecular flexibility index (Phi) is 4.05. The third-order valence-electron chi connectivity index (χ3n) is 4.61. The fourth-order valence-electron chi connectivity index (χ4n) is 3.32. The lowest BCUT2D eigenvalue weighted by molar-refractivity contribution is -0.133. The maximum Gasteiger partial charge on any atom is 0.410 e. The first-order valence-corrected chi connectivity index (χ1v) is 8.37. The molecule has 0 N–H and O–H groups in total. The van der Waals surface area contributed by atoms with Crippen molar-refractivity contribution in [2.75, 3.05) is 32.7 Å². The SMILES string of the molecule is CC(C)(C)OC(=O)N1CCN([C@H]2CCN(C3CC3)C2=O)CC1. The minimum atomic E-state index is -0.458. The average molecular weight is 309 g/mol. The Morgan fingerprint density at radius 1 is 1.05 bits per heavy atom. The lowest BCUT2D eigenvalue weighted by Crippen LogP contribution is -2.54. The first kappa shape index (κ1) is 15.6. The zero-order valence-electron chi connectivity index (χ0n) is 13.9. The van der Waals surface area contributed by atoms with Crippen LogP contribution >= 0.6 is 0 Å². The van der Waals surface area contributed by atoms with E-state index in [1.807, 2.05) is 20.8 Å². The van der Waals surface area contributed by atoms with Crippen molar-refractivity contribution in [1.82, 2.24) is 14.7 Å². The molecule has 3 rings (SSSR count). The number of ether oxygens (including phenoxy) is 1. The van der Waals surface area contributed by atoms with Gasteiger partial charge in [0.05, 0.1) is 6.04 Å². The molecule has 0 bridgehead atoms. The molecule has 6 nitrogen and oxygen atoms in total. The fourth-order valence-corrected chi connectivity index (χ4v) is 3.32. The van der Waals surface area contributed by atoms with E-state index < -0.39 is 5.60 Å². The first-order valence-electron chi connectivity index (χ1n) is 8.37. The van der Waals surface area contributed by atoms with Crippen LogP contribution in [0.15, 0.2) is 0 Å². The molecule has 0 unspecified atom stereocenters. The molecule has 2 amide bonds. The van der Waals surface area contributed by atoms with Gasteiger partial charge in [-0.15, -0.1) is 0 Å². The standard InChI is InChI=1S/C16H27N3O3/c1-16(2,3)22-15(21)18-10-8-17(9-11-18)13-6-7-19(14(13)20)12-4-5-12/h12-13H,4-11H2,1-3H3/t13-/m0/s1. The summed E-state index contributed by atoms with van der Waals surface area (Å²) < 4.78 is 5.41. The van der Waals surface area contributed by atoms with Crippen LogP contribution in [-0.2, 0) is 9.53 Å². The van der Waals surface area contributed by atoms with Crippen LogP contribution in [0.5, 0.6) is 0 Å². The van der Waals surface area contributed by atoms with E-state index in [-0.39, 0.29) is 12.1 Å². The second-order valence-corrected chi connectivity index (χ2v) is 7.57. The predicted octanol–water partition coefficient (Wildman–Crippen LogP) is 1.30. The summed E-state index contributed by atoms with van der Waals surface area (Å²) in [5.41, 5.74) is -0.458. The van der Waals surface area contributed by atoms with Crippen LogP contribution < -0.4 is 0 Å². The van der Waals surface area contributed by atoms with Crippen molar-refractivity contribution < 1.29 is 14.3 Å². The summed E-state index contributed by atoms with van der Waals surface area (Å²) in [6, 6.07) is 0.543. The predicted molar refractivity (Wildman–Crippen MR) is 82.5 cm³/mol. The third-order valence-corrected chi connectivity index (χ3v) is 4.61. The molecule has 3 fully saturated rings. The summed E-state index contributed by atoms with van der Waals surface area (Å²) in [7, 11) is 0. The lowest BCUT2D eigenvalue weighted by Gasteiger charge is -2.37. The molecule has 0 aromatic carbocycles. The zero-order chi connectivity index (χ0) is 15.9. The Bertz CT molecular complexity index is 448. The van der Waals surface area contributed by atoms with Gasteiger partial charge in [0.1, 0.15) is 5.60 Å². The topological polar surface area (TPSA) is 53.1 Å². The highest BCUT2D eigenvalue weighted by atomic mass is 16.6. The van der Waals surface area contributed by atoms with E-state index in [2.05, 4.69) is 9.80 Å². The number of likely N-dealkylation sites (tertiary alicyclic amines) is 1. The van der Waals surface area contributed by atoms with E-state index in [0.29, 0.717) is 25.0 Å². The number of rotatable bonds is 2. The van der Waals surface area contributed by atoms with Crippen molar-refractivity contribution >= 4 is 12.0 Å². The Morgan fingerprint density at radius 3 is 2.23 bits per heavy atom. The van der Waals surface area contributed by atoms with E-state index in [1.165, 1.54) is 12.8 Å². The molecule has 6 heteroatoms. The van der Waals surface area contributed by atoms with Gasteiger partial charge in [0, 0.05) is 38.8 Å². The van der Waals surface area contributed by atoms with E-state index in [9.17, 15) is 9.59 Å². The van der Waals surface area contributed by atoms with Gasteiger partial charge in [-0.3, -0.25) is 9.69 Å². The quantitative estimate of drug-likeness (QED) is 0.771. The zero-order valence-corrected chi connectivity index (χ0v) is 13.9. The molecule has 0 aromatic rings. The smallest absolute Gasteiger partial charge is 0.410 e. The van der Waals surface area contributed by atoms with Crippen LogP contribution in [0.3, 0.4) is 0 Å². The molecule has 0 spiro atoms. The monoisotopic (exact) mass is 309 g/mol. The number of hydrogen-bond donors (Lipinski definition) is 0. The van der Waals surface area contributed by atoms with Crippen molar-refractivity contribution in [2.24, 2.45) is 0 Å². The number of amides is 2. The van der Waals surface area contributed by atoms with Gasteiger partial charge < -0.3 is 14.5 Å². The summed E-state index contributed by atoms with van der Waals surface area (Å²) >= 11 is 0.